The van der Waals surface area contributed by atoms with Crippen molar-refractivity contribution in [1.29, 1.82) is 0 Å². The first kappa shape index (κ1) is 25.6. The normalized spacial score (nSPS) is 11.2. The van der Waals surface area contributed by atoms with Gasteiger partial charge >= 0.3 is 5.97 Å². The summed E-state index contributed by atoms with van der Waals surface area (Å²) in [5.74, 6) is -1.33. The zero-order valence-corrected chi connectivity index (χ0v) is 21.8. The van der Waals surface area contributed by atoms with Crippen LogP contribution in [0.2, 0.25) is 50.2 Å². The predicted octanol–water partition coefficient (Wildman–Crippen LogP) is 10.6. The molecular formula is C18H3Cl10NO2. The molecule has 3 aromatic rings. The second-order valence-electron chi connectivity index (χ2n) is 5.79. The SMILES string of the molecule is O=C(O)c1ccc(-c2c(Cl)c(Cl)c(Cl)c(Cl)c2Cl)nc1-c1c(Cl)c(Cl)c(Cl)c(Cl)c1Cl. The number of carbonyl (C=O) groups is 1. The predicted molar refractivity (Wildman–Crippen MR) is 132 cm³/mol. The highest BCUT2D eigenvalue weighted by molar-refractivity contribution is 6.57. The van der Waals surface area contributed by atoms with Gasteiger partial charge in [0.25, 0.3) is 0 Å². The van der Waals surface area contributed by atoms with Crippen LogP contribution in [-0.4, -0.2) is 16.1 Å². The summed E-state index contributed by atoms with van der Waals surface area (Å²) in [5, 5.41) is 8.72. The van der Waals surface area contributed by atoms with E-state index in [0.29, 0.717) is 0 Å². The third-order valence-corrected chi connectivity index (χ3v) is 8.59. The zero-order valence-electron chi connectivity index (χ0n) is 14.2. The molecule has 0 amide bonds. The van der Waals surface area contributed by atoms with Crippen LogP contribution >= 0.6 is 116 Å². The molecule has 3 rings (SSSR count). The van der Waals surface area contributed by atoms with E-state index in [9.17, 15) is 9.90 Å². The lowest BCUT2D eigenvalue weighted by molar-refractivity contribution is 0.0697. The number of carboxylic acid groups (broad SMARTS) is 1. The van der Waals surface area contributed by atoms with Crippen LogP contribution in [-0.2, 0) is 0 Å². The van der Waals surface area contributed by atoms with Gasteiger partial charge in [-0.1, -0.05) is 116 Å². The lowest BCUT2D eigenvalue weighted by Gasteiger charge is -2.16. The van der Waals surface area contributed by atoms with Gasteiger partial charge in [0.05, 0.1) is 67.2 Å². The van der Waals surface area contributed by atoms with Gasteiger partial charge in [0.1, 0.15) is 0 Å². The minimum Gasteiger partial charge on any atom is -0.478 e. The molecule has 1 aromatic heterocycles. The maximum atomic E-state index is 11.9. The Morgan fingerprint density at radius 3 is 1.32 bits per heavy atom. The van der Waals surface area contributed by atoms with E-state index in [1.807, 2.05) is 0 Å². The lowest BCUT2D eigenvalue weighted by Crippen LogP contribution is -2.04. The third kappa shape index (κ3) is 4.40. The molecule has 0 bridgehead atoms. The Morgan fingerprint density at radius 2 is 0.935 bits per heavy atom. The molecule has 162 valence electrons. The number of rotatable bonds is 3. The van der Waals surface area contributed by atoms with Gasteiger partial charge in [0, 0.05) is 11.1 Å². The van der Waals surface area contributed by atoms with E-state index in [2.05, 4.69) is 4.98 Å². The van der Waals surface area contributed by atoms with Crippen molar-refractivity contribution in [3.05, 3.63) is 67.9 Å². The standard InChI is InChI=1S/C18H3Cl10NO2/c19-7-5(8(20)12(24)15(27)11(7)23)4-2-1-3(18(30)31)17(29-4)6-9(21)13(25)16(28)14(26)10(6)22/h1-2H,(H,30,31). The van der Waals surface area contributed by atoms with Crippen molar-refractivity contribution in [2.75, 3.05) is 0 Å². The Hall–Kier alpha value is -0.0400. The molecule has 0 atom stereocenters. The van der Waals surface area contributed by atoms with Gasteiger partial charge in [0.15, 0.2) is 0 Å². The molecular weight excluding hydrogens is 617 g/mol. The molecule has 0 saturated heterocycles. The van der Waals surface area contributed by atoms with Crippen molar-refractivity contribution >= 4 is 122 Å². The molecule has 0 saturated carbocycles. The van der Waals surface area contributed by atoms with Crippen LogP contribution in [0.5, 0.6) is 0 Å². The van der Waals surface area contributed by atoms with E-state index < -0.39 is 5.97 Å². The van der Waals surface area contributed by atoms with E-state index in [0.717, 1.165) is 0 Å². The molecule has 0 aliphatic carbocycles. The molecule has 13 heteroatoms. The third-order valence-electron chi connectivity index (χ3n) is 4.04. The summed E-state index contributed by atoms with van der Waals surface area (Å²) in [5.41, 5.74) is -0.278. The quantitative estimate of drug-likeness (QED) is 0.234. The number of hydrogen-bond donors (Lipinski definition) is 1. The monoisotopic (exact) mass is 615 g/mol. The van der Waals surface area contributed by atoms with E-state index in [4.69, 9.17) is 116 Å². The molecule has 31 heavy (non-hydrogen) atoms. The summed E-state index contributed by atoms with van der Waals surface area (Å²) in [6.45, 7) is 0. The van der Waals surface area contributed by atoms with Crippen LogP contribution in [0.3, 0.4) is 0 Å². The van der Waals surface area contributed by atoms with Gasteiger partial charge < -0.3 is 5.11 Å². The highest BCUT2D eigenvalue weighted by Crippen LogP contribution is 2.51. The highest BCUT2D eigenvalue weighted by Gasteiger charge is 2.27. The molecule has 2 aromatic carbocycles. The molecule has 1 heterocycles. The van der Waals surface area contributed by atoms with Gasteiger partial charge in [-0.15, -0.1) is 0 Å². The van der Waals surface area contributed by atoms with Gasteiger partial charge in [-0.3, -0.25) is 0 Å². The topological polar surface area (TPSA) is 50.2 Å². The van der Waals surface area contributed by atoms with Crippen LogP contribution in [0, 0.1) is 0 Å². The highest BCUT2D eigenvalue weighted by atomic mass is 35.5. The van der Waals surface area contributed by atoms with Crippen molar-refractivity contribution in [2.45, 2.75) is 0 Å². The molecule has 0 spiro atoms. The first-order valence-electron chi connectivity index (χ1n) is 7.68. The number of hydrogen-bond acceptors (Lipinski definition) is 2. The van der Waals surface area contributed by atoms with Crippen molar-refractivity contribution in [2.24, 2.45) is 0 Å². The first-order chi connectivity index (χ1) is 14.4. The van der Waals surface area contributed by atoms with E-state index in [1.54, 1.807) is 0 Å². The Labute approximate surface area is 225 Å². The maximum absolute atomic E-state index is 11.9. The average molecular weight is 620 g/mol. The molecule has 3 nitrogen and oxygen atoms in total. The van der Waals surface area contributed by atoms with Crippen molar-refractivity contribution in [1.82, 2.24) is 4.98 Å². The summed E-state index contributed by atoms with van der Waals surface area (Å²) in [6.07, 6.45) is 0. The van der Waals surface area contributed by atoms with Crippen LogP contribution in [0.4, 0.5) is 0 Å². The molecule has 0 fully saturated rings. The Bertz CT molecular complexity index is 1220. The number of aromatic carboxylic acids is 1. The molecule has 0 unspecified atom stereocenters. The Kier molecular flexibility index (Phi) is 7.98. The number of nitrogens with zero attached hydrogens (tertiary/aromatic N) is 1. The number of pyridine rings is 1. The molecule has 1 N–H and O–H groups in total. The number of carboxylic acids is 1. The second-order valence-corrected chi connectivity index (χ2v) is 9.57. The van der Waals surface area contributed by atoms with Crippen LogP contribution < -0.4 is 0 Å². The fourth-order valence-corrected chi connectivity index (χ4v) is 5.25. The van der Waals surface area contributed by atoms with Gasteiger partial charge in [0.2, 0.25) is 0 Å². The largest absolute Gasteiger partial charge is 0.478 e. The van der Waals surface area contributed by atoms with Crippen LogP contribution in [0.25, 0.3) is 22.5 Å². The summed E-state index contributed by atoms with van der Waals surface area (Å²) < 4.78 is 0. The van der Waals surface area contributed by atoms with Crippen molar-refractivity contribution in [3.63, 3.8) is 0 Å². The Balaban J connectivity index is 2.45. The summed E-state index contributed by atoms with van der Waals surface area (Å²) >= 11 is 61.9. The summed E-state index contributed by atoms with van der Waals surface area (Å²) in [6, 6.07) is 2.59. The Morgan fingerprint density at radius 1 is 0.581 bits per heavy atom. The smallest absolute Gasteiger partial charge is 0.337 e. The fraction of sp³-hybridized carbons (Fsp3) is 0. The number of halogens is 10. The maximum Gasteiger partial charge on any atom is 0.337 e. The molecule has 0 radical (unpaired) electrons. The summed E-state index contributed by atoms with van der Waals surface area (Å²) in [7, 11) is 0. The first-order valence-corrected chi connectivity index (χ1v) is 11.5. The lowest BCUT2D eigenvalue weighted by atomic mass is 10.0. The van der Waals surface area contributed by atoms with Gasteiger partial charge in [-0.25, -0.2) is 9.78 Å². The zero-order chi connectivity index (χ0) is 23.4. The minimum absolute atomic E-state index is 0.0491. The van der Waals surface area contributed by atoms with Crippen molar-refractivity contribution in [3.8, 4) is 22.5 Å². The summed E-state index contributed by atoms with van der Waals surface area (Å²) in [4.78, 5) is 16.2. The van der Waals surface area contributed by atoms with E-state index in [1.165, 1.54) is 12.1 Å². The minimum atomic E-state index is -1.33. The van der Waals surface area contributed by atoms with Gasteiger partial charge in [-0.2, -0.15) is 0 Å². The van der Waals surface area contributed by atoms with Crippen LogP contribution in [0.15, 0.2) is 12.1 Å². The fourth-order valence-electron chi connectivity index (χ4n) is 2.60. The van der Waals surface area contributed by atoms with Crippen LogP contribution in [0.1, 0.15) is 10.4 Å². The van der Waals surface area contributed by atoms with Crippen molar-refractivity contribution < 1.29 is 9.90 Å². The average Bonchev–Trinajstić information content (AvgIpc) is 2.73. The molecule has 0 aliphatic rings. The number of benzene rings is 2. The molecule has 0 aliphatic heterocycles. The second kappa shape index (κ2) is 9.68. The van der Waals surface area contributed by atoms with E-state index in [-0.39, 0.29) is 78.3 Å². The van der Waals surface area contributed by atoms with Gasteiger partial charge in [-0.05, 0) is 12.1 Å². The number of aromatic nitrogens is 1. The van der Waals surface area contributed by atoms with E-state index >= 15 is 0 Å².